The zero-order chi connectivity index (χ0) is 24.6. The van der Waals surface area contributed by atoms with E-state index in [9.17, 15) is 9.18 Å². The predicted molar refractivity (Wildman–Crippen MR) is 140 cm³/mol. The molecule has 4 nitrogen and oxygen atoms in total. The van der Waals surface area contributed by atoms with Crippen LogP contribution in [0.4, 0.5) is 10.1 Å². The van der Waals surface area contributed by atoms with Crippen molar-refractivity contribution in [3.05, 3.63) is 98.8 Å². The molecule has 0 bridgehead atoms. The molecule has 2 aliphatic rings. The lowest BCUT2D eigenvalue weighted by Crippen LogP contribution is -2.46. The fraction of sp³-hybridized carbons (Fsp3) is 0.259. The van der Waals surface area contributed by atoms with E-state index in [-0.39, 0.29) is 22.3 Å². The van der Waals surface area contributed by atoms with Crippen LogP contribution in [-0.2, 0) is 5.41 Å². The molecule has 35 heavy (non-hydrogen) atoms. The van der Waals surface area contributed by atoms with E-state index in [0.717, 1.165) is 37.2 Å². The predicted octanol–water partition coefficient (Wildman–Crippen LogP) is 7.05. The van der Waals surface area contributed by atoms with Gasteiger partial charge in [0.1, 0.15) is 11.0 Å². The van der Waals surface area contributed by atoms with Crippen molar-refractivity contribution in [3.8, 4) is 0 Å². The van der Waals surface area contributed by atoms with Crippen LogP contribution >= 0.6 is 34.8 Å². The topological polar surface area (TPSA) is 36.4 Å². The quantitative estimate of drug-likeness (QED) is 0.339. The van der Waals surface area contributed by atoms with Crippen LogP contribution in [0, 0.1) is 0 Å². The Bertz CT molecular complexity index is 1290. The highest BCUT2D eigenvalue weighted by Crippen LogP contribution is 2.48. The van der Waals surface area contributed by atoms with Crippen LogP contribution in [0.25, 0.3) is 5.83 Å². The van der Waals surface area contributed by atoms with Gasteiger partial charge in [0, 0.05) is 51.6 Å². The second-order valence-electron chi connectivity index (χ2n) is 9.06. The first-order valence-electron chi connectivity index (χ1n) is 11.4. The number of carbonyl (C=O) groups excluding carboxylic acids is 1. The summed E-state index contributed by atoms with van der Waals surface area (Å²) < 4.78 is 14.6. The number of nitrogens with zero attached hydrogens (tertiary/aromatic N) is 3. The first-order valence-corrected chi connectivity index (χ1v) is 12.6. The fourth-order valence-electron chi connectivity index (χ4n) is 5.04. The van der Waals surface area contributed by atoms with Crippen LogP contribution in [0.1, 0.15) is 34.3 Å². The van der Waals surface area contributed by atoms with Crippen molar-refractivity contribution in [1.29, 1.82) is 0 Å². The second kappa shape index (κ2) is 9.90. The molecule has 1 fully saturated rings. The summed E-state index contributed by atoms with van der Waals surface area (Å²) in [5.74, 6) is -0.363. The Hall–Kier alpha value is -2.44. The Kier molecular flexibility index (Phi) is 6.86. The van der Waals surface area contributed by atoms with E-state index < -0.39 is 0 Å². The Balaban J connectivity index is 1.33. The summed E-state index contributed by atoms with van der Waals surface area (Å²) in [6.45, 7) is 2.67. The highest BCUT2D eigenvalue weighted by molar-refractivity contribution is 6.31. The molecule has 1 saturated heterocycles. The molecule has 0 aliphatic carbocycles. The number of benzene rings is 2. The Labute approximate surface area is 218 Å². The second-order valence-corrected chi connectivity index (χ2v) is 10.3. The van der Waals surface area contributed by atoms with Gasteiger partial charge >= 0.3 is 0 Å². The van der Waals surface area contributed by atoms with Crippen LogP contribution in [0.5, 0.6) is 0 Å². The molecule has 0 radical (unpaired) electrons. The van der Waals surface area contributed by atoms with Gasteiger partial charge in [-0.1, -0.05) is 46.9 Å². The molecule has 0 N–H and O–H groups in total. The van der Waals surface area contributed by atoms with E-state index in [1.54, 1.807) is 48.7 Å². The number of hydrogen-bond acceptors (Lipinski definition) is 3. The highest BCUT2D eigenvalue weighted by Gasteiger charge is 2.46. The van der Waals surface area contributed by atoms with Crippen molar-refractivity contribution < 1.29 is 9.18 Å². The van der Waals surface area contributed by atoms with Crippen molar-refractivity contribution in [1.82, 2.24) is 9.88 Å². The number of halogens is 4. The molecular weight excluding hydrogens is 508 g/mol. The van der Waals surface area contributed by atoms with Crippen LogP contribution in [-0.4, -0.2) is 42.0 Å². The Morgan fingerprint density at radius 1 is 0.971 bits per heavy atom. The molecule has 2 aromatic carbocycles. The van der Waals surface area contributed by atoms with Crippen LogP contribution in [0.15, 0.2) is 66.9 Å². The lowest BCUT2D eigenvalue weighted by Gasteiger charge is -2.39. The normalized spacial score (nSPS) is 17.6. The molecule has 3 heterocycles. The molecule has 3 aromatic rings. The summed E-state index contributed by atoms with van der Waals surface area (Å²) in [5.41, 5.74) is 2.81. The van der Waals surface area contributed by atoms with Gasteiger partial charge in [0.05, 0.1) is 0 Å². The number of hydrogen-bond donors (Lipinski definition) is 0. The summed E-state index contributed by atoms with van der Waals surface area (Å²) in [4.78, 5) is 21.5. The summed E-state index contributed by atoms with van der Waals surface area (Å²) >= 11 is 18.3. The number of aromatic nitrogens is 1. The monoisotopic (exact) mass is 529 g/mol. The number of amides is 1. The molecule has 8 heteroatoms. The molecule has 180 valence electrons. The van der Waals surface area contributed by atoms with Crippen molar-refractivity contribution >= 4 is 52.2 Å². The average molecular weight is 531 g/mol. The standard InChI is InChI=1S/C27H23Cl3FN3O/c28-20-3-1-18(2-4-20)23(31)8-12-33-13-9-27(10-14-33)17-34(24-6-5-21(29)16-22(24)27)26(35)19-7-11-32-25(30)15-19/h1-8,11,15-16H,9-10,12-14,17H2/b23-8+. The minimum atomic E-state index is -0.257. The van der Waals surface area contributed by atoms with E-state index in [1.807, 2.05) is 23.1 Å². The SMILES string of the molecule is O=C(c1ccnc(Cl)c1)N1CC2(CCN(C/C=C(/F)c3ccc(Cl)cc3)CC2)c2cc(Cl)ccc21. The lowest BCUT2D eigenvalue weighted by atomic mass is 9.74. The third-order valence-corrected chi connectivity index (χ3v) is 7.66. The molecule has 2 aliphatic heterocycles. The average Bonchev–Trinajstić information content (AvgIpc) is 3.16. The maximum Gasteiger partial charge on any atom is 0.258 e. The summed E-state index contributed by atoms with van der Waals surface area (Å²) in [6, 6.07) is 15.7. The minimum Gasteiger partial charge on any atom is -0.307 e. The van der Waals surface area contributed by atoms with Crippen LogP contribution < -0.4 is 4.90 Å². The summed E-state index contributed by atoms with van der Waals surface area (Å²) in [7, 11) is 0. The van der Waals surface area contributed by atoms with E-state index in [1.165, 1.54) is 0 Å². The molecule has 0 atom stereocenters. The van der Waals surface area contributed by atoms with Gasteiger partial charge in [-0.25, -0.2) is 9.37 Å². The molecule has 0 unspecified atom stereocenters. The minimum absolute atomic E-state index is 0.106. The van der Waals surface area contributed by atoms with Gasteiger partial charge in [0.25, 0.3) is 5.91 Å². The number of likely N-dealkylation sites (tertiary alicyclic amines) is 1. The number of rotatable bonds is 4. The number of carbonyl (C=O) groups is 1. The Morgan fingerprint density at radius 2 is 1.69 bits per heavy atom. The smallest absolute Gasteiger partial charge is 0.258 e. The van der Waals surface area contributed by atoms with E-state index in [4.69, 9.17) is 34.8 Å². The lowest BCUT2D eigenvalue weighted by molar-refractivity contribution is 0.0977. The van der Waals surface area contributed by atoms with Crippen LogP contribution in [0.2, 0.25) is 15.2 Å². The molecule has 1 spiro atoms. The molecule has 1 amide bonds. The Morgan fingerprint density at radius 3 is 2.40 bits per heavy atom. The van der Waals surface area contributed by atoms with E-state index in [0.29, 0.717) is 34.3 Å². The first-order chi connectivity index (χ1) is 16.8. The molecule has 0 saturated carbocycles. The van der Waals surface area contributed by atoms with Gasteiger partial charge in [-0.05, 0) is 80.0 Å². The third-order valence-electron chi connectivity index (χ3n) is 6.96. The summed E-state index contributed by atoms with van der Waals surface area (Å²) in [6.07, 6.45) is 4.85. The zero-order valence-corrected chi connectivity index (χ0v) is 21.1. The maximum atomic E-state index is 14.6. The number of anilines is 1. The number of fused-ring (bicyclic) bond motifs is 2. The third kappa shape index (κ3) is 4.96. The van der Waals surface area contributed by atoms with Crippen molar-refractivity contribution in [2.24, 2.45) is 0 Å². The highest BCUT2D eigenvalue weighted by atomic mass is 35.5. The fourth-order valence-corrected chi connectivity index (χ4v) is 5.51. The maximum absolute atomic E-state index is 14.6. The number of pyridine rings is 1. The van der Waals surface area contributed by atoms with E-state index in [2.05, 4.69) is 9.88 Å². The van der Waals surface area contributed by atoms with Crippen molar-refractivity contribution in [3.63, 3.8) is 0 Å². The largest absolute Gasteiger partial charge is 0.307 e. The van der Waals surface area contributed by atoms with Gasteiger partial charge in [-0.15, -0.1) is 0 Å². The van der Waals surface area contributed by atoms with Crippen molar-refractivity contribution in [2.45, 2.75) is 18.3 Å². The molecule has 1 aromatic heterocycles. The van der Waals surface area contributed by atoms with Gasteiger partial charge in [-0.3, -0.25) is 9.69 Å². The van der Waals surface area contributed by atoms with Gasteiger partial charge in [-0.2, -0.15) is 0 Å². The van der Waals surface area contributed by atoms with Gasteiger partial charge in [0.15, 0.2) is 0 Å². The summed E-state index contributed by atoms with van der Waals surface area (Å²) in [5, 5.41) is 1.52. The van der Waals surface area contributed by atoms with Gasteiger partial charge < -0.3 is 4.90 Å². The van der Waals surface area contributed by atoms with Crippen LogP contribution in [0.3, 0.4) is 0 Å². The van der Waals surface area contributed by atoms with Gasteiger partial charge in [0.2, 0.25) is 0 Å². The van der Waals surface area contributed by atoms with Crippen molar-refractivity contribution in [2.75, 3.05) is 31.1 Å². The number of piperidine rings is 1. The molecular formula is C27H23Cl3FN3O. The zero-order valence-electron chi connectivity index (χ0n) is 18.9. The first kappa shape index (κ1) is 24.3. The van der Waals surface area contributed by atoms with E-state index >= 15 is 0 Å². The molecule has 5 rings (SSSR count).